The van der Waals surface area contributed by atoms with E-state index in [2.05, 4.69) is 15.0 Å². The van der Waals surface area contributed by atoms with Crippen LogP contribution >= 0.6 is 11.3 Å². The van der Waals surface area contributed by atoms with Crippen LogP contribution in [0.3, 0.4) is 0 Å². The van der Waals surface area contributed by atoms with Crippen molar-refractivity contribution in [2.24, 2.45) is 0 Å². The predicted octanol–water partition coefficient (Wildman–Crippen LogP) is 3.23. The first-order chi connectivity index (χ1) is 9.52. The molecule has 0 bridgehead atoms. The van der Waals surface area contributed by atoms with Gasteiger partial charge < -0.3 is 10.1 Å². The second-order valence-corrected chi connectivity index (χ2v) is 4.90. The molecule has 0 atom stereocenters. The topological polar surface area (TPSA) is 51.2 Å². The van der Waals surface area contributed by atoms with Gasteiger partial charge in [0.25, 0.3) is 0 Å². The number of amides is 1. The van der Waals surface area contributed by atoms with Gasteiger partial charge in [-0.15, -0.1) is 11.3 Å². The second-order valence-electron chi connectivity index (χ2n) is 4.04. The van der Waals surface area contributed by atoms with E-state index in [-0.39, 0.29) is 18.1 Å². The molecule has 7 heteroatoms. The zero-order valence-electron chi connectivity index (χ0n) is 10.6. The van der Waals surface area contributed by atoms with Gasteiger partial charge in [-0.25, -0.2) is 4.98 Å². The average molecular weight is 298 g/mol. The summed E-state index contributed by atoms with van der Waals surface area (Å²) >= 11 is 1.35. The summed E-state index contributed by atoms with van der Waals surface area (Å²) in [6.07, 6.45) is 0.146. The van der Waals surface area contributed by atoms with Crippen LogP contribution in [0.15, 0.2) is 29.6 Å². The van der Waals surface area contributed by atoms with E-state index in [0.29, 0.717) is 10.7 Å². The summed E-state index contributed by atoms with van der Waals surface area (Å²) in [6, 6.07) is 5.96. The first kappa shape index (κ1) is 14.4. The van der Waals surface area contributed by atoms with Crippen LogP contribution < -0.4 is 10.1 Å². The predicted molar refractivity (Wildman–Crippen MR) is 72.3 cm³/mol. The number of ether oxygens (including phenoxy) is 1. The van der Waals surface area contributed by atoms with E-state index in [0.717, 1.165) is 5.69 Å². The molecule has 1 heterocycles. The minimum atomic E-state index is -2.85. The minimum absolute atomic E-state index is 0.0692. The van der Waals surface area contributed by atoms with E-state index in [1.54, 1.807) is 12.1 Å². The summed E-state index contributed by atoms with van der Waals surface area (Å²) in [6.45, 7) is -1.01. The van der Waals surface area contributed by atoms with Crippen LogP contribution in [0, 0.1) is 6.92 Å². The van der Waals surface area contributed by atoms with Crippen molar-refractivity contribution in [1.29, 1.82) is 0 Å². The van der Waals surface area contributed by atoms with E-state index in [4.69, 9.17) is 0 Å². The lowest BCUT2D eigenvalue weighted by Gasteiger charge is -2.05. The Balaban J connectivity index is 1.91. The maximum Gasteiger partial charge on any atom is 0.387 e. The molecule has 2 rings (SSSR count). The molecular weight excluding hydrogens is 286 g/mol. The molecule has 0 saturated heterocycles. The fourth-order valence-corrected chi connectivity index (χ4v) is 2.25. The summed E-state index contributed by atoms with van der Waals surface area (Å²) in [7, 11) is 0. The van der Waals surface area contributed by atoms with Crippen molar-refractivity contribution < 1.29 is 18.3 Å². The minimum Gasteiger partial charge on any atom is -0.435 e. The van der Waals surface area contributed by atoms with E-state index < -0.39 is 6.61 Å². The SMILES string of the molecule is Cc1csc(NC(=O)Cc2ccc(OC(F)F)cc2)n1. The van der Waals surface area contributed by atoms with E-state index in [1.807, 2.05) is 12.3 Å². The Kier molecular flexibility index (Phi) is 4.62. The Hall–Kier alpha value is -2.02. The lowest BCUT2D eigenvalue weighted by atomic mass is 10.1. The van der Waals surface area contributed by atoms with Crippen molar-refractivity contribution in [1.82, 2.24) is 4.98 Å². The number of thiazole rings is 1. The molecule has 0 saturated carbocycles. The number of aromatic nitrogens is 1. The maximum absolute atomic E-state index is 12.0. The van der Waals surface area contributed by atoms with Crippen molar-refractivity contribution in [2.75, 3.05) is 5.32 Å². The highest BCUT2D eigenvalue weighted by Gasteiger charge is 2.08. The fraction of sp³-hybridized carbons (Fsp3) is 0.231. The Morgan fingerprint density at radius 3 is 2.65 bits per heavy atom. The molecule has 2 aromatic rings. The summed E-state index contributed by atoms with van der Waals surface area (Å²) in [5, 5.41) is 5.06. The first-order valence-corrected chi connectivity index (χ1v) is 6.66. The number of alkyl halides is 2. The molecule has 0 unspecified atom stereocenters. The van der Waals surface area contributed by atoms with E-state index >= 15 is 0 Å². The fourth-order valence-electron chi connectivity index (χ4n) is 1.55. The van der Waals surface area contributed by atoms with Crippen LogP contribution in [-0.2, 0) is 11.2 Å². The number of nitrogens with one attached hydrogen (secondary N) is 1. The van der Waals surface area contributed by atoms with Crippen molar-refractivity contribution >= 4 is 22.4 Å². The molecule has 0 aliphatic carbocycles. The van der Waals surface area contributed by atoms with E-state index in [1.165, 1.54) is 23.5 Å². The zero-order chi connectivity index (χ0) is 14.5. The third kappa shape index (κ3) is 4.27. The molecule has 1 aromatic carbocycles. The number of rotatable bonds is 5. The second kappa shape index (κ2) is 6.42. The molecule has 0 aliphatic rings. The molecule has 1 aromatic heterocycles. The number of benzene rings is 1. The number of aryl methyl sites for hydroxylation is 1. The summed E-state index contributed by atoms with van der Waals surface area (Å²) in [5.74, 6) is -0.137. The van der Waals surface area contributed by atoms with Crippen LogP contribution in [0.25, 0.3) is 0 Å². The van der Waals surface area contributed by atoms with Crippen molar-refractivity contribution in [3.8, 4) is 5.75 Å². The molecule has 0 spiro atoms. The maximum atomic E-state index is 12.0. The summed E-state index contributed by atoms with van der Waals surface area (Å²) in [4.78, 5) is 15.9. The van der Waals surface area contributed by atoms with Crippen LogP contribution in [0.5, 0.6) is 5.75 Å². The van der Waals surface area contributed by atoms with Gasteiger partial charge in [-0.1, -0.05) is 12.1 Å². The standard InChI is InChI=1S/C13H12F2N2O2S/c1-8-7-20-13(16-8)17-11(18)6-9-2-4-10(5-3-9)19-12(14)15/h2-5,7,12H,6H2,1H3,(H,16,17,18). The van der Waals surface area contributed by atoms with E-state index in [9.17, 15) is 13.6 Å². The van der Waals surface area contributed by atoms with Crippen molar-refractivity contribution in [2.45, 2.75) is 20.0 Å². The summed E-state index contributed by atoms with van der Waals surface area (Å²) < 4.78 is 28.2. The molecule has 106 valence electrons. The number of carbonyl (C=O) groups excluding carboxylic acids is 1. The molecule has 0 aliphatic heterocycles. The van der Waals surface area contributed by atoms with Crippen LogP contribution in [0.4, 0.5) is 13.9 Å². The number of hydrogen-bond acceptors (Lipinski definition) is 4. The third-order valence-electron chi connectivity index (χ3n) is 2.38. The molecule has 0 radical (unpaired) electrons. The number of carbonyl (C=O) groups is 1. The number of halogens is 2. The molecule has 4 nitrogen and oxygen atoms in total. The van der Waals surface area contributed by atoms with Gasteiger partial charge in [0.05, 0.1) is 12.1 Å². The van der Waals surface area contributed by atoms with Gasteiger partial charge >= 0.3 is 6.61 Å². The number of anilines is 1. The monoisotopic (exact) mass is 298 g/mol. The highest BCUT2D eigenvalue weighted by atomic mass is 32.1. The van der Waals surface area contributed by atoms with Gasteiger partial charge in [0.1, 0.15) is 5.75 Å². The first-order valence-electron chi connectivity index (χ1n) is 5.78. The Labute approximate surface area is 118 Å². The quantitative estimate of drug-likeness (QED) is 0.922. The highest BCUT2D eigenvalue weighted by Crippen LogP contribution is 2.17. The lowest BCUT2D eigenvalue weighted by Crippen LogP contribution is -2.14. The largest absolute Gasteiger partial charge is 0.435 e. The van der Waals surface area contributed by atoms with Gasteiger partial charge in [-0.05, 0) is 24.6 Å². The average Bonchev–Trinajstić information content (AvgIpc) is 2.76. The molecule has 0 fully saturated rings. The molecule has 1 N–H and O–H groups in total. The molecule has 20 heavy (non-hydrogen) atoms. The smallest absolute Gasteiger partial charge is 0.387 e. The zero-order valence-corrected chi connectivity index (χ0v) is 11.4. The summed E-state index contributed by atoms with van der Waals surface area (Å²) in [5.41, 5.74) is 1.55. The highest BCUT2D eigenvalue weighted by molar-refractivity contribution is 7.13. The Morgan fingerprint density at radius 1 is 1.40 bits per heavy atom. The number of hydrogen-bond donors (Lipinski definition) is 1. The van der Waals surface area contributed by atoms with Crippen molar-refractivity contribution in [3.05, 3.63) is 40.9 Å². The number of nitrogens with zero attached hydrogens (tertiary/aromatic N) is 1. The lowest BCUT2D eigenvalue weighted by molar-refractivity contribution is -0.115. The van der Waals surface area contributed by atoms with Gasteiger partial charge in [-0.3, -0.25) is 4.79 Å². The third-order valence-corrected chi connectivity index (χ3v) is 3.25. The molecular formula is C13H12F2N2O2S. The normalized spacial score (nSPS) is 10.6. The van der Waals surface area contributed by atoms with Gasteiger partial charge in [-0.2, -0.15) is 8.78 Å². The Bertz CT molecular complexity index is 584. The van der Waals surface area contributed by atoms with Gasteiger partial charge in [0, 0.05) is 5.38 Å². The van der Waals surface area contributed by atoms with Crippen LogP contribution in [0.1, 0.15) is 11.3 Å². The Morgan fingerprint density at radius 2 is 2.10 bits per heavy atom. The molecule has 1 amide bonds. The van der Waals surface area contributed by atoms with Gasteiger partial charge in [0.15, 0.2) is 5.13 Å². The van der Waals surface area contributed by atoms with Crippen LogP contribution in [-0.4, -0.2) is 17.5 Å². The van der Waals surface area contributed by atoms with Crippen molar-refractivity contribution in [3.63, 3.8) is 0 Å². The van der Waals surface area contributed by atoms with Gasteiger partial charge in [0.2, 0.25) is 5.91 Å². The van der Waals surface area contributed by atoms with Crippen LogP contribution in [0.2, 0.25) is 0 Å².